The molecule has 2 fully saturated rings. The van der Waals surface area contributed by atoms with Crippen molar-refractivity contribution in [3.05, 3.63) is 23.9 Å². The van der Waals surface area contributed by atoms with E-state index in [0.717, 1.165) is 24.2 Å². The molecule has 3 heteroatoms. The third-order valence-corrected chi connectivity index (χ3v) is 4.14. The standard InChI is InChI=1S/C14H21N3/c15-12(7-9-5-6-17-13(16)8-9)14(10-1-2-10)11-3-4-11/h5-6,8,10-12,14H,1-4,7,15H2,(H2,16,17). The summed E-state index contributed by atoms with van der Waals surface area (Å²) < 4.78 is 0. The largest absolute Gasteiger partial charge is 0.384 e. The average molecular weight is 231 g/mol. The van der Waals surface area contributed by atoms with E-state index in [1.165, 1.54) is 31.2 Å². The van der Waals surface area contributed by atoms with Crippen molar-refractivity contribution < 1.29 is 0 Å². The Morgan fingerprint density at radius 3 is 2.41 bits per heavy atom. The van der Waals surface area contributed by atoms with E-state index in [1.54, 1.807) is 6.20 Å². The molecule has 1 aromatic heterocycles. The van der Waals surface area contributed by atoms with E-state index in [2.05, 4.69) is 4.98 Å². The highest BCUT2D eigenvalue weighted by Crippen LogP contribution is 2.50. The predicted molar refractivity (Wildman–Crippen MR) is 69.3 cm³/mol. The third kappa shape index (κ3) is 2.60. The van der Waals surface area contributed by atoms with Gasteiger partial charge in [-0.15, -0.1) is 0 Å². The average Bonchev–Trinajstić information content (AvgIpc) is 3.11. The molecule has 2 aliphatic carbocycles. The Balaban J connectivity index is 1.66. The first-order chi connectivity index (χ1) is 8.24. The van der Waals surface area contributed by atoms with Gasteiger partial charge in [0, 0.05) is 12.2 Å². The van der Waals surface area contributed by atoms with Gasteiger partial charge in [0.25, 0.3) is 0 Å². The van der Waals surface area contributed by atoms with Gasteiger partial charge < -0.3 is 11.5 Å². The summed E-state index contributed by atoms with van der Waals surface area (Å²) in [6.45, 7) is 0. The lowest BCUT2D eigenvalue weighted by atomic mass is 9.86. The molecule has 3 rings (SSSR count). The Morgan fingerprint density at radius 1 is 1.24 bits per heavy atom. The van der Waals surface area contributed by atoms with E-state index in [-0.39, 0.29) is 0 Å². The highest BCUT2D eigenvalue weighted by Gasteiger charge is 2.44. The number of nitrogen functional groups attached to an aromatic ring is 1. The van der Waals surface area contributed by atoms with Crippen LogP contribution in [0.5, 0.6) is 0 Å². The molecule has 2 aliphatic rings. The Bertz CT molecular complexity index is 384. The van der Waals surface area contributed by atoms with Crippen molar-refractivity contribution in [2.75, 3.05) is 5.73 Å². The summed E-state index contributed by atoms with van der Waals surface area (Å²) in [5.74, 6) is 3.18. The molecule has 0 aromatic carbocycles. The lowest BCUT2D eigenvalue weighted by Gasteiger charge is -2.23. The van der Waals surface area contributed by atoms with Gasteiger partial charge in [-0.3, -0.25) is 0 Å². The van der Waals surface area contributed by atoms with Crippen molar-refractivity contribution in [1.82, 2.24) is 4.98 Å². The Morgan fingerprint density at radius 2 is 1.88 bits per heavy atom. The van der Waals surface area contributed by atoms with Crippen molar-refractivity contribution in [2.24, 2.45) is 23.5 Å². The second-order valence-corrected chi connectivity index (χ2v) is 5.71. The van der Waals surface area contributed by atoms with Gasteiger partial charge in [0.1, 0.15) is 5.82 Å². The van der Waals surface area contributed by atoms with Gasteiger partial charge in [0.05, 0.1) is 0 Å². The molecule has 92 valence electrons. The second kappa shape index (κ2) is 4.30. The molecule has 0 spiro atoms. The van der Waals surface area contributed by atoms with Crippen LogP contribution in [0, 0.1) is 17.8 Å². The maximum absolute atomic E-state index is 6.42. The van der Waals surface area contributed by atoms with Gasteiger partial charge in [-0.25, -0.2) is 4.98 Å². The summed E-state index contributed by atoms with van der Waals surface area (Å²) in [5.41, 5.74) is 13.4. The fourth-order valence-electron chi connectivity index (χ4n) is 3.08. The number of hydrogen-bond donors (Lipinski definition) is 2. The van der Waals surface area contributed by atoms with E-state index < -0.39 is 0 Å². The zero-order chi connectivity index (χ0) is 11.8. The molecule has 4 N–H and O–H groups in total. The van der Waals surface area contributed by atoms with Crippen LogP contribution in [0.1, 0.15) is 31.2 Å². The van der Waals surface area contributed by atoms with Crippen LogP contribution < -0.4 is 11.5 Å². The molecule has 0 aliphatic heterocycles. The molecule has 0 amide bonds. The molecule has 1 aromatic rings. The fraction of sp³-hybridized carbons (Fsp3) is 0.643. The summed E-state index contributed by atoms with van der Waals surface area (Å²) in [4.78, 5) is 4.02. The van der Waals surface area contributed by atoms with E-state index in [4.69, 9.17) is 11.5 Å². The van der Waals surface area contributed by atoms with E-state index in [1.807, 2.05) is 12.1 Å². The normalized spacial score (nSPS) is 21.8. The van der Waals surface area contributed by atoms with Crippen molar-refractivity contribution in [1.29, 1.82) is 0 Å². The lowest BCUT2D eigenvalue weighted by Crippen LogP contribution is -2.35. The molecule has 2 saturated carbocycles. The minimum Gasteiger partial charge on any atom is -0.384 e. The molecule has 0 bridgehead atoms. The van der Waals surface area contributed by atoms with Gasteiger partial charge >= 0.3 is 0 Å². The van der Waals surface area contributed by atoms with Crippen molar-refractivity contribution in [3.63, 3.8) is 0 Å². The highest BCUT2D eigenvalue weighted by molar-refractivity contribution is 5.32. The second-order valence-electron chi connectivity index (χ2n) is 5.71. The smallest absolute Gasteiger partial charge is 0.123 e. The molecule has 3 nitrogen and oxygen atoms in total. The van der Waals surface area contributed by atoms with E-state index >= 15 is 0 Å². The summed E-state index contributed by atoms with van der Waals surface area (Å²) in [6, 6.07) is 4.29. The van der Waals surface area contributed by atoms with Crippen LogP contribution in [0.2, 0.25) is 0 Å². The molecular weight excluding hydrogens is 210 g/mol. The molecule has 0 saturated heterocycles. The fourth-order valence-corrected chi connectivity index (χ4v) is 3.08. The number of aromatic nitrogens is 1. The maximum Gasteiger partial charge on any atom is 0.123 e. The molecular formula is C14H21N3. The minimum absolute atomic E-state index is 0.303. The number of hydrogen-bond acceptors (Lipinski definition) is 3. The molecule has 0 radical (unpaired) electrons. The number of pyridine rings is 1. The monoisotopic (exact) mass is 231 g/mol. The first-order valence-electron chi connectivity index (χ1n) is 6.70. The zero-order valence-electron chi connectivity index (χ0n) is 10.2. The van der Waals surface area contributed by atoms with Crippen LogP contribution in [0.25, 0.3) is 0 Å². The van der Waals surface area contributed by atoms with Crippen LogP contribution in [-0.4, -0.2) is 11.0 Å². The summed E-state index contributed by atoms with van der Waals surface area (Å²) in [6.07, 6.45) is 8.31. The topological polar surface area (TPSA) is 64.9 Å². The molecule has 17 heavy (non-hydrogen) atoms. The van der Waals surface area contributed by atoms with Crippen LogP contribution >= 0.6 is 0 Å². The first-order valence-corrected chi connectivity index (χ1v) is 6.70. The summed E-state index contributed by atoms with van der Waals surface area (Å²) >= 11 is 0. The first kappa shape index (κ1) is 11.0. The maximum atomic E-state index is 6.42. The van der Waals surface area contributed by atoms with Crippen LogP contribution in [0.3, 0.4) is 0 Å². The van der Waals surface area contributed by atoms with Crippen LogP contribution in [0.15, 0.2) is 18.3 Å². The van der Waals surface area contributed by atoms with E-state index in [0.29, 0.717) is 11.9 Å². The SMILES string of the molecule is Nc1cc(CC(N)C(C2CC2)C2CC2)ccn1. The van der Waals surface area contributed by atoms with Crippen LogP contribution in [-0.2, 0) is 6.42 Å². The van der Waals surface area contributed by atoms with Crippen molar-refractivity contribution in [3.8, 4) is 0 Å². The third-order valence-electron chi connectivity index (χ3n) is 4.14. The predicted octanol–water partition coefficient (Wildman–Crippen LogP) is 1.97. The Labute approximate surface area is 103 Å². The highest BCUT2D eigenvalue weighted by atomic mass is 14.8. The van der Waals surface area contributed by atoms with Gasteiger partial charge in [-0.1, -0.05) is 0 Å². The number of rotatable bonds is 5. The van der Waals surface area contributed by atoms with Gasteiger partial charge in [-0.2, -0.15) is 0 Å². The Hall–Kier alpha value is -1.09. The number of anilines is 1. The lowest BCUT2D eigenvalue weighted by molar-refractivity contribution is 0.328. The molecule has 1 atom stereocenters. The molecule has 1 unspecified atom stereocenters. The van der Waals surface area contributed by atoms with E-state index in [9.17, 15) is 0 Å². The summed E-state index contributed by atoms with van der Waals surface area (Å²) in [7, 11) is 0. The van der Waals surface area contributed by atoms with Crippen LogP contribution in [0.4, 0.5) is 5.82 Å². The minimum atomic E-state index is 0.303. The zero-order valence-corrected chi connectivity index (χ0v) is 10.2. The van der Waals surface area contributed by atoms with Gasteiger partial charge in [0.2, 0.25) is 0 Å². The number of nitrogens with zero attached hydrogens (tertiary/aromatic N) is 1. The van der Waals surface area contributed by atoms with Gasteiger partial charge in [-0.05, 0) is 67.6 Å². The molecule has 1 heterocycles. The van der Waals surface area contributed by atoms with Gasteiger partial charge in [0.15, 0.2) is 0 Å². The quantitative estimate of drug-likeness (QED) is 0.814. The number of nitrogens with two attached hydrogens (primary N) is 2. The Kier molecular flexibility index (Phi) is 2.79. The van der Waals surface area contributed by atoms with Crippen molar-refractivity contribution >= 4 is 5.82 Å². The van der Waals surface area contributed by atoms with Crippen molar-refractivity contribution in [2.45, 2.75) is 38.1 Å². The summed E-state index contributed by atoms with van der Waals surface area (Å²) in [5, 5.41) is 0.